The van der Waals surface area contributed by atoms with Crippen LogP contribution in [-0.4, -0.2) is 34.2 Å². The lowest BCUT2D eigenvalue weighted by atomic mass is 10.2. The Hall–Kier alpha value is -2.25. The summed E-state index contributed by atoms with van der Waals surface area (Å²) in [7, 11) is -1.94. The van der Waals surface area contributed by atoms with Crippen LogP contribution in [0, 0.1) is 6.92 Å². The van der Waals surface area contributed by atoms with Gasteiger partial charge in [-0.3, -0.25) is 9.10 Å². The lowest BCUT2D eigenvalue weighted by molar-refractivity contribution is -0.116. The number of carbonyl (C=O) groups excluding carboxylic acids is 1. The van der Waals surface area contributed by atoms with E-state index in [0.29, 0.717) is 28.6 Å². The van der Waals surface area contributed by atoms with Crippen molar-refractivity contribution in [2.45, 2.75) is 19.8 Å². The van der Waals surface area contributed by atoms with Gasteiger partial charge in [0.05, 0.1) is 19.1 Å². The van der Waals surface area contributed by atoms with Crippen molar-refractivity contribution >= 4 is 38.9 Å². The standard InChI is InChI=1S/C19H23ClN2O4S/c1-14-9-10-15(20)12-18(14)22(27(3,24)25)11-5-8-19(23)21-16-6-4-7-17(13-16)26-2/h4,6-7,9-10,12-13H,5,8,11H2,1-3H3,(H,21,23). The van der Waals surface area contributed by atoms with Crippen molar-refractivity contribution in [3.05, 3.63) is 53.1 Å². The van der Waals surface area contributed by atoms with Crippen LogP contribution in [0.5, 0.6) is 5.75 Å². The first-order valence-corrected chi connectivity index (χ1v) is 10.6. The first-order valence-electron chi connectivity index (χ1n) is 8.38. The maximum absolute atomic E-state index is 12.2. The lowest BCUT2D eigenvalue weighted by Crippen LogP contribution is -2.32. The minimum absolute atomic E-state index is 0.183. The molecule has 2 aromatic carbocycles. The number of hydrogen-bond donors (Lipinski definition) is 1. The molecule has 146 valence electrons. The van der Waals surface area contributed by atoms with Crippen LogP contribution in [0.25, 0.3) is 0 Å². The molecule has 0 heterocycles. The second-order valence-corrected chi connectivity index (χ2v) is 8.49. The highest BCUT2D eigenvalue weighted by atomic mass is 35.5. The molecule has 0 spiro atoms. The molecule has 0 unspecified atom stereocenters. The number of halogens is 1. The number of amides is 1. The fraction of sp³-hybridized carbons (Fsp3) is 0.316. The van der Waals surface area contributed by atoms with Crippen LogP contribution in [-0.2, 0) is 14.8 Å². The van der Waals surface area contributed by atoms with Crippen LogP contribution in [0.15, 0.2) is 42.5 Å². The molecule has 0 aliphatic heterocycles. The average molecular weight is 411 g/mol. The zero-order chi connectivity index (χ0) is 20.0. The summed E-state index contributed by atoms with van der Waals surface area (Å²) in [4.78, 5) is 12.2. The SMILES string of the molecule is COc1cccc(NC(=O)CCCN(c2cc(Cl)ccc2C)S(C)(=O)=O)c1. The van der Waals surface area contributed by atoms with Crippen molar-refractivity contribution in [3.63, 3.8) is 0 Å². The number of sulfonamides is 1. The Bertz CT molecular complexity index is 916. The number of hydrogen-bond acceptors (Lipinski definition) is 4. The molecule has 8 heteroatoms. The van der Waals surface area contributed by atoms with Crippen molar-refractivity contribution in [3.8, 4) is 5.75 Å². The molecule has 2 rings (SSSR count). The number of aryl methyl sites for hydroxylation is 1. The number of rotatable bonds is 8. The van der Waals surface area contributed by atoms with E-state index < -0.39 is 10.0 Å². The zero-order valence-corrected chi connectivity index (χ0v) is 17.1. The van der Waals surface area contributed by atoms with Gasteiger partial charge in [0, 0.05) is 29.7 Å². The molecule has 0 aromatic heterocycles. The van der Waals surface area contributed by atoms with E-state index in [2.05, 4.69) is 5.32 Å². The Morgan fingerprint density at radius 2 is 1.96 bits per heavy atom. The zero-order valence-electron chi connectivity index (χ0n) is 15.5. The molecule has 0 saturated heterocycles. The summed E-state index contributed by atoms with van der Waals surface area (Å²) >= 11 is 6.01. The molecule has 1 amide bonds. The third kappa shape index (κ3) is 6.15. The summed E-state index contributed by atoms with van der Waals surface area (Å²) in [6.07, 6.45) is 1.70. The van der Waals surface area contributed by atoms with Crippen molar-refractivity contribution in [1.29, 1.82) is 0 Å². The van der Waals surface area contributed by atoms with Gasteiger partial charge in [-0.25, -0.2) is 8.42 Å². The maximum Gasteiger partial charge on any atom is 0.232 e. The van der Waals surface area contributed by atoms with E-state index in [1.807, 2.05) is 6.92 Å². The topological polar surface area (TPSA) is 75.7 Å². The van der Waals surface area contributed by atoms with E-state index in [1.165, 1.54) is 4.31 Å². The fourth-order valence-electron chi connectivity index (χ4n) is 2.62. The highest BCUT2D eigenvalue weighted by Gasteiger charge is 2.19. The summed E-state index contributed by atoms with van der Waals surface area (Å²) in [5, 5.41) is 3.24. The number of carbonyl (C=O) groups is 1. The van der Waals surface area contributed by atoms with Gasteiger partial charge in [0.15, 0.2) is 0 Å². The van der Waals surface area contributed by atoms with Gasteiger partial charge >= 0.3 is 0 Å². The molecular formula is C19H23ClN2O4S. The van der Waals surface area contributed by atoms with Crippen molar-refractivity contribution in [1.82, 2.24) is 0 Å². The molecule has 0 aliphatic carbocycles. The van der Waals surface area contributed by atoms with E-state index >= 15 is 0 Å². The predicted octanol–water partition coefficient (Wildman–Crippen LogP) is 3.84. The summed E-state index contributed by atoms with van der Waals surface area (Å²) in [6.45, 7) is 2.00. The van der Waals surface area contributed by atoms with Crippen LogP contribution < -0.4 is 14.4 Å². The number of nitrogens with zero attached hydrogens (tertiary/aromatic N) is 1. The molecule has 27 heavy (non-hydrogen) atoms. The van der Waals surface area contributed by atoms with Crippen molar-refractivity contribution in [2.75, 3.05) is 29.5 Å². The normalized spacial score (nSPS) is 11.1. The van der Waals surface area contributed by atoms with Crippen molar-refractivity contribution in [2.24, 2.45) is 0 Å². The summed E-state index contributed by atoms with van der Waals surface area (Å²) in [5.41, 5.74) is 1.95. The molecule has 0 saturated carbocycles. The van der Waals surface area contributed by atoms with Gasteiger partial charge in [-0.2, -0.15) is 0 Å². The van der Waals surface area contributed by atoms with Gasteiger partial charge in [-0.1, -0.05) is 23.7 Å². The molecule has 0 bridgehead atoms. The third-order valence-corrected chi connectivity index (χ3v) is 5.37. The molecule has 0 aliphatic rings. The highest BCUT2D eigenvalue weighted by Crippen LogP contribution is 2.26. The fourth-order valence-corrected chi connectivity index (χ4v) is 3.80. The second kappa shape index (κ2) is 9.10. The Morgan fingerprint density at radius 1 is 1.22 bits per heavy atom. The summed E-state index contributed by atoms with van der Waals surface area (Å²) in [5.74, 6) is 0.451. The maximum atomic E-state index is 12.2. The Morgan fingerprint density at radius 3 is 2.63 bits per heavy atom. The largest absolute Gasteiger partial charge is 0.497 e. The molecule has 0 atom stereocenters. The van der Waals surface area contributed by atoms with Crippen LogP contribution >= 0.6 is 11.6 Å². The number of methoxy groups -OCH3 is 1. The van der Waals surface area contributed by atoms with Gasteiger partial charge in [0.2, 0.25) is 15.9 Å². The van der Waals surface area contributed by atoms with E-state index in [1.54, 1.807) is 49.6 Å². The van der Waals surface area contributed by atoms with Gasteiger partial charge in [0.1, 0.15) is 5.75 Å². The van der Waals surface area contributed by atoms with Crippen molar-refractivity contribution < 1.29 is 17.9 Å². The van der Waals surface area contributed by atoms with E-state index in [-0.39, 0.29) is 18.9 Å². The monoisotopic (exact) mass is 410 g/mol. The minimum atomic E-state index is -3.50. The molecule has 0 fully saturated rings. The van der Waals surface area contributed by atoms with Gasteiger partial charge in [-0.05, 0) is 43.2 Å². The number of anilines is 2. The molecule has 1 N–H and O–H groups in total. The van der Waals surface area contributed by atoms with E-state index in [9.17, 15) is 13.2 Å². The Labute approximate surface area is 165 Å². The second-order valence-electron chi connectivity index (χ2n) is 6.15. The van der Waals surface area contributed by atoms with Gasteiger partial charge in [-0.15, -0.1) is 0 Å². The Kier molecular flexibility index (Phi) is 7.10. The summed E-state index contributed by atoms with van der Waals surface area (Å²) in [6, 6.07) is 12.1. The molecule has 6 nitrogen and oxygen atoms in total. The first kappa shape index (κ1) is 21.1. The van der Waals surface area contributed by atoms with Gasteiger partial charge in [0.25, 0.3) is 0 Å². The van der Waals surface area contributed by atoms with E-state index in [4.69, 9.17) is 16.3 Å². The number of nitrogens with one attached hydrogen (secondary N) is 1. The summed E-state index contributed by atoms with van der Waals surface area (Å²) < 4.78 is 30.8. The molecular weight excluding hydrogens is 388 g/mol. The van der Waals surface area contributed by atoms with Crippen LogP contribution in [0.2, 0.25) is 5.02 Å². The third-order valence-electron chi connectivity index (χ3n) is 3.96. The first-order chi connectivity index (χ1) is 12.7. The van der Waals surface area contributed by atoms with Gasteiger partial charge < -0.3 is 10.1 Å². The number of ether oxygens (including phenoxy) is 1. The predicted molar refractivity (Wildman–Crippen MR) is 109 cm³/mol. The Balaban J connectivity index is 2.01. The van der Waals surface area contributed by atoms with E-state index in [0.717, 1.165) is 11.8 Å². The van der Waals surface area contributed by atoms with Crippen LogP contribution in [0.1, 0.15) is 18.4 Å². The van der Waals surface area contributed by atoms with Crippen LogP contribution in [0.4, 0.5) is 11.4 Å². The lowest BCUT2D eigenvalue weighted by Gasteiger charge is -2.24. The molecule has 2 aromatic rings. The smallest absolute Gasteiger partial charge is 0.232 e. The van der Waals surface area contributed by atoms with Crippen LogP contribution in [0.3, 0.4) is 0 Å². The highest BCUT2D eigenvalue weighted by molar-refractivity contribution is 7.92. The number of benzene rings is 2. The minimum Gasteiger partial charge on any atom is -0.497 e. The quantitative estimate of drug-likeness (QED) is 0.717. The average Bonchev–Trinajstić information content (AvgIpc) is 2.60. The molecule has 0 radical (unpaired) electrons.